The van der Waals surface area contributed by atoms with Crippen molar-refractivity contribution in [3.63, 3.8) is 0 Å². The van der Waals surface area contributed by atoms with Crippen molar-refractivity contribution in [2.24, 2.45) is 0 Å². The third-order valence-corrected chi connectivity index (χ3v) is 6.61. The SMILES string of the molecule is CCOc1ccccc1NS(=O)(=O)c1ccc2c(c1)C[C@@H](C)N2C(=O)c1ccccc1. The maximum atomic E-state index is 13.0. The van der Waals surface area contributed by atoms with Crippen LogP contribution in [0.3, 0.4) is 0 Å². The number of carbonyl (C=O) groups is 1. The van der Waals surface area contributed by atoms with Crippen LogP contribution in [-0.2, 0) is 16.4 Å². The van der Waals surface area contributed by atoms with Gasteiger partial charge in [-0.05, 0) is 68.3 Å². The zero-order valence-electron chi connectivity index (χ0n) is 17.4. The summed E-state index contributed by atoms with van der Waals surface area (Å²) in [5, 5.41) is 0. The summed E-state index contributed by atoms with van der Waals surface area (Å²) in [5.41, 5.74) is 2.57. The molecule has 0 saturated carbocycles. The average Bonchev–Trinajstić information content (AvgIpc) is 3.10. The number of hydrogen-bond donors (Lipinski definition) is 1. The number of nitrogens with one attached hydrogen (secondary N) is 1. The van der Waals surface area contributed by atoms with E-state index in [0.29, 0.717) is 30.0 Å². The highest BCUT2D eigenvalue weighted by atomic mass is 32.2. The van der Waals surface area contributed by atoms with Gasteiger partial charge in [0, 0.05) is 17.3 Å². The number of amides is 1. The molecule has 1 N–H and O–H groups in total. The molecule has 7 heteroatoms. The van der Waals surface area contributed by atoms with Crippen molar-refractivity contribution in [3.05, 3.63) is 83.9 Å². The van der Waals surface area contributed by atoms with Crippen LogP contribution in [0.15, 0.2) is 77.7 Å². The van der Waals surface area contributed by atoms with Gasteiger partial charge in [0.25, 0.3) is 15.9 Å². The van der Waals surface area contributed by atoms with Crippen LogP contribution in [-0.4, -0.2) is 27.0 Å². The minimum atomic E-state index is -3.82. The van der Waals surface area contributed by atoms with Gasteiger partial charge in [0.2, 0.25) is 0 Å². The van der Waals surface area contributed by atoms with Gasteiger partial charge in [-0.2, -0.15) is 0 Å². The number of fused-ring (bicyclic) bond motifs is 1. The predicted molar refractivity (Wildman–Crippen MR) is 121 cm³/mol. The molecule has 1 heterocycles. The van der Waals surface area contributed by atoms with Gasteiger partial charge in [-0.3, -0.25) is 9.52 Å². The van der Waals surface area contributed by atoms with Crippen LogP contribution in [0.25, 0.3) is 0 Å². The summed E-state index contributed by atoms with van der Waals surface area (Å²) >= 11 is 0. The van der Waals surface area contributed by atoms with Gasteiger partial charge < -0.3 is 9.64 Å². The predicted octanol–water partition coefficient (Wildman–Crippen LogP) is 4.48. The Hall–Kier alpha value is -3.32. The summed E-state index contributed by atoms with van der Waals surface area (Å²) in [5.74, 6) is 0.384. The molecule has 31 heavy (non-hydrogen) atoms. The van der Waals surface area contributed by atoms with Crippen molar-refractivity contribution in [3.8, 4) is 5.75 Å². The van der Waals surface area contributed by atoms with Crippen LogP contribution in [0.5, 0.6) is 5.75 Å². The molecular weight excluding hydrogens is 412 g/mol. The monoisotopic (exact) mass is 436 g/mol. The number of ether oxygens (including phenoxy) is 1. The van der Waals surface area contributed by atoms with E-state index < -0.39 is 10.0 Å². The van der Waals surface area contributed by atoms with Crippen LogP contribution >= 0.6 is 0 Å². The quantitative estimate of drug-likeness (QED) is 0.618. The zero-order chi connectivity index (χ0) is 22.0. The van der Waals surface area contributed by atoms with Gasteiger partial charge in [0.05, 0.1) is 17.2 Å². The normalized spacial score (nSPS) is 15.4. The molecule has 0 aliphatic carbocycles. The van der Waals surface area contributed by atoms with E-state index in [1.165, 1.54) is 6.07 Å². The van der Waals surface area contributed by atoms with E-state index in [2.05, 4.69) is 4.72 Å². The molecule has 0 spiro atoms. The van der Waals surface area contributed by atoms with Gasteiger partial charge in [-0.25, -0.2) is 8.42 Å². The molecule has 0 unspecified atom stereocenters. The summed E-state index contributed by atoms with van der Waals surface area (Å²) in [6.45, 7) is 4.24. The fourth-order valence-electron chi connectivity index (χ4n) is 3.84. The van der Waals surface area contributed by atoms with E-state index in [0.717, 1.165) is 11.3 Å². The molecule has 1 amide bonds. The first-order valence-electron chi connectivity index (χ1n) is 10.2. The van der Waals surface area contributed by atoms with E-state index in [1.807, 2.05) is 32.0 Å². The summed E-state index contributed by atoms with van der Waals surface area (Å²) in [4.78, 5) is 14.9. The maximum absolute atomic E-state index is 13.0. The lowest BCUT2D eigenvalue weighted by Gasteiger charge is -2.23. The van der Waals surface area contributed by atoms with Crippen molar-refractivity contribution in [2.45, 2.75) is 31.2 Å². The maximum Gasteiger partial charge on any atom is 0.262 e. The fourth-order valence-corrected chi connectivity index (χ4v) is 4.96. The van der Waals surface area contributed by atoms with Gasteiger partial charge >= 0.3 is 0 Å². The van der Waals surface area contributed by atoms with Gasteiger partial charge in [-0.15, -0.1) is 0 Å². The summed E-state index contributed by atoms with van der Waals surface area (Å²) < 4.78 is 34.2. The number of benzene rings is 3. The molecule has 1 aliphatic rings. The van der Waals surface area contributed by atoms with Crippen LogP contribution in [0.4, 0.5) is 11.4 Å². The molecule has 0 aromatic heterocycles. The number of rotatable bonds is 6. The topological polar surface area (TPSA) is 75.7 Å². The molecule has 3 aromatic carbocycles. The molecule has 1 atom stereocenters. The Bertz CT molecular complexity index is 1210. The smallest absolute Gasteiger partial charge is 0.262 e. The Morgan fingerprint density at radius 2 is 1.77 bits per heavy atom. The summed E-state index contributed by atoms with van der Waals surface area (Å²) in [6, 6.07) is 20.8. The van der Waals surface area contributed by atoms with Crippen LogP contribution < -0.4 is 14.4 Å². The van der Waals surface area contributed by atoms with E-state index in [-0.39, 0.29) is 16.8 Å². The number of carbonyl (C=O) groups excluding carboxylic acids is 1. The highest BCUT2D eigenvalue weighted by molar-refractivity contribution is 7.92. The molecule has 0 bridgehead atoms. The number of para-hydroxylation sites is 2. The first kappa shape index (κ1) is 20.9. The summed E-state index contributed by atoms with van der Waals surface area (Å²) in [6.07, 6.45) is 0.590. The zero-order valence-corrected chi connectivity index (χ0v) is 18.2. The van der Waals surface area contributed by atoms with E-state index in [4.69, 9.17) is 4.74 Å². The van der Waals surface area contributed by atoms with Crippen LogP contribution in [0, 0.1) is 0 Å². The first-order chi connectivity index (χ1) is 14.9. The molecule has 3 aromatic rings. The molecular formula is C24H24N2O4S. The fraction of sp³-hybridized carbons (Fsp3) is 0.208. The minimum Gasteiger partial charge on any atom is -0.492 e. The second-order valence-electron chi connectivity index (χ2n) is 7.42. The van der Waals surface area contributed by atoms with Crippen molar-refractivity contribution >= 4 is 27.3 Å². The largest absolute Gasteiger partial charge is 0.492 e. The second kappa shape index (κ2) is 8.43. The molecule has 160 valence electrons. The molecule has 4 rings (SSSR count). The lowest BCUT2D eigenvalue weighted by atomic mass is 10.1. The average molecular weight is 437 g/mol. The van der Waals surface area contributed by atoms with Crippen molar-refractivity contribution in [1.82, 2.24) is 0 Å². The molecule has 0 radical (unpaired) electrons. The Morgan fingerprint density at radius 1 is 1.06 bits per heavy atom. The van der Waals surface area contributed by atoms with Crippen LogP contribution in [0.2, 0.25) is 0 Å². The Kier molecular flexibility index (Phi) is 5.69. The Labute approximate surface area is 182 Å². The van der Waals surface area contributed by atoms with E-state index >= 15 is 0 Å². The third-order valence-electron chi connectivity index (χ3n) is 5.25. The number of hydrogen-bond acceptors (Lipinski definition) is 4. The van der Waals surface area contributed by atoms with E-state index in [9.17, 15) is 13.2 Å². The molecule has 0 saturated heterocycles. The number of anilines is 2. The standard InChI is InChI=1S/C24H24N2O4S/c1-3-30-23-12-8-7-11-21(23)25-31(28,29)20-13-14-22-19(16-20)15-17(2)26(22)24(27)18-9-5-4-6-10-18/h4-14,16-17,25H,3,15H2,1-2H3/t17-/m1/s1. The number of nitrogens with zero attached hydrogens (tertiary/aromatic N) is 1. The molecule has 1 aliphatic heterocycles. The molecule has 6 nitrogen and oxygen atoms in total. The molecule has 0 fully saturated rings. The number of sulfonamides is 1. The van der Waals surface area contributed by atoms with Crippen molar-refractivity contribution in [1.29, 1.82) is 0 Å². The first-order valence-corrected chi connectivity index (χ1v) is 11.6. The lowest BCUT2D eigenvalue weighted by Crippen LogP contribution is -2.35. The van der Waals surface area contributed by atoms with E-state index in [1.54, 1.807) is 53.4 Å². The van der Waals surface area contributed by atoms with Crippen molar-refractivity contribution in [2.75, 3.05) is 16.2 Å². The summed E-state index contributed by atoms with van der Waals surface area (Å²) in [7, 11) is -3.82. The van der Waals surface area contributed by atoms with Gasteiger partial charge in [0.1, 0.15) is 5.75 Å². The Morgan fingerprint density at radius 3 is 2.52 bits per heavy atom. The van der Waals surface area contributed by atoms with Gasteiger partial charge in [-0.1, -0.05) is 30.3 Å². The third kappa shape index (κ3) is 4.14. The minimum absolute atomic E-state index is 0.0627. The second-order valence-corrected chi connectivity index (χ2v) is 9.10. The lowest BCUT2D eigenvalue weighted by molar-refractivity contribution is 0.0981. The van der Waals surface area contributed by atoms with Gasteiger partial charge in [0.15, 0.2) is 0 Å². The highest BCUT2D eigenvalue weighted by Crippen LogP contribution is 2.36. The Balaban J connectivity index is 1.63. The van der Waals surface area contributed by atoms with Crippen molar-refractivity contribution < 1.29 is 17.9 Å². The highest BCUT2D eigenvalue weighted by Gasteiger charge is 2.32. The van der Waals surface area contributed by atoms with Crippen LogP contribution in [0.1, 0.15) is 29.8 Å².